The molecule has 0 fully saturated rings. The Balaban J connectivity index is 1.99. The zero-order valence-corrected chi connectivity index (χ0v) is 10.8. The van der Waals surface area contributed by atoms with E-state index < -0.39 is 0 Å². The van der Waals surface area contributed by atoms with E-state index in [0.29, 0.717) is 6.04 Å². The summed E-state index contributed by atoms with van der Waals surface area (Å²) in [4.78, 5) is 1.43. The molecule has 1 aromatic carbocycles. The Hall–Kier alpha value is -0.860. The molecule has 0 saturated heterocycles. The third-order valence-corrected chi connectivity index (χ3v) is 3.94. The fraction of sp³-hybridized carbons (Fsp3) is 0.429. The molecule has 0 spiro atoms. The van der Waals surface area contributed by atoms with Crippen molar-refractivity contribution in [3.05, 3.63) is 35.2 Å². The highest BCUT2D eigenvalue weighted by Crippen LogP contribution is 2.25. The van der Waals surface area contributed by atoms with Gasteiger partial charge in [0.2, 0.25) is 0 Å². The lowest BCUT2D eigenvalue weighted by Crippen LogP contribution is -2.24. The molecule has 16 heavy (non-hydrogen) atoms. The second-order valence-electron chi connectivity index (χ2n) is 4.32. The molecule has 0 aliphatic rings. The van der Waals surface area contributed by atoms with Gasteiger partial charge in [0, 0.05) is 22.2 Å². The van der Waals surface area contributed by atoms with Crippen molar-refractivity contribution in [2.45, 2.75) is 39.3 Å². The summed E-state index contributed by atoms with van der Waals surface area (Å²) >= 11 is 1.89. The second-order valence-corrected chi connectivity index (χ2v) is 5.49. The van der Waals surface area contributed by atoms with Gasteiger partial charge in [-0.2, -0.15) is 0 Å². The maximum atomic E-state index is 3.57. The van der Waals surface area contributed by atoms with E-state index in [2.05, 4.69) is 49.5 Å². The van der Waals surface area contributed by atoms with Crippen LogP contribution in [0.25, 0.3) is 10.1 Å². The maximum Gasteiger partial charge on any atom is 0.0346 e. The van der Waals surface area contributed by atoms with Crippen LogP contribution in [0.4, 0.5) is 0 Å². The Morgan fingerprint density at radius 1 is 1.31 bits per heavy atom. The van der Waals surface area contributed by atoms with E-state index in [1.54, 1.807) is 0 Å². The van der Waals surface area contributed by atoms with Crippen LogP contribution in [0.5, 0.6) is 0 Å². The first-order chi connectivity index (χ1) is 7.79. The molecule has 0 amide bonds. The van der Waals surface area contributed by atoms with Crippen molar-refractivity contribution in [3.8, 4) is 0 Å². The zero-order valence-electron chi connectivity index (χ0n) is 9.99. The van der Waals surface area contributed by atoms with Crippen LogP contribution in [-0.2, 0) is 6.54 Å². The molecule has 1 N–H and O–H groups in total. The predicted octanol–water partition coefficient (Wildman–Crippen LogP) is 4.18. The number of hydrogen-bond donors (Lipinski definition) is 1. The minimum Gasteiger partial charge on any atom is -0.309 e. The molecule has 1 unspecified atom stereocenters. The lowest BCUT2D eigenvalue weighted by molar-refractivity contribution is 0.511. The number of fused-ring (bicyclic) bond motifs is 1. The van der Waals surface area contributed by atoms with E-state index in [-0.39, 0.29) is 0 Å². The third kappa shape index (κ3) is 2.83. The minimum atomic E-state index is 0.621. The molecule has 0 aliphatic heterocycles. The molecule has 2 heteroatoms. The fourth-order valence-electron chi connectivity index (χ4n) is 1.93. The van der Waals surface area contributed by atoms with Crippen molar-refractivity contribution in [1.82, 2.24) is 5.32 Å². The lowest BCUT2D eigenvalue weighted by atomic mass is 10.2. The summed E-state index contributed by atoms with van der Waals surface area (Å²) < 4.78 is 1.39. The summed E-state index contributed by atoms with van der Waals surface area (Å²) in [7, 11) is 0. The van der Waals surface area contributed by atoms with Crippen LogP contribution < -0.4 is 5.32 Å². The molecule has 1 nitrogen and oxygen atoms in total. The summed E-state index contributed by atoms with van der Waals surface area (Å²) in [5.41, 5.74) is 0. The van der Waals surface area contributed by atoms with E-state index in [1.807, 2.05) is 11.3 Å². The quantitative estimate of drug-likeness (QED) is 0.817. The van der Waals surface area contributed by atoms with Crippen molar-refractivity contribution in [3.63, 3.8) is 0 Å². The Kier molecular flexibility index (Phi) is 3.97. The summed E-state index contributed by atoms with van der Waals surface area (Å²) in [6.07, 6.45) is 2.51. The van der Waals surface area contributed by atoms with Crippen molar-refractivity contribution >= 4 is 21.4 Å². The van der Waals surface area contributed by atoms with E-state index >= 15 is 0 Å². The predicted molar refractivity (Wildman–Crippen MR) is 73.0 cm³/mol. The molecule has 2 aromatic rings. The number of nitrogens with one attached hydrogen (secondary N) is 1. The first kappa shape index (κ1) is 11.6. The highest BCUT2D eigenvalue weighted by Gasteiger charge is 2.03. The molecule has 2 rings (SSSR count). The average Bonchev–Trinajstić information content (AvgIpc) is 2.69. The molecular formula is C14H19NS. The van der Waals surface area contributed by atoms with Crippen LogP contribution in [0.1, 0.15) is 31.6 Å². The van der Waals surface area contributed by atoms with Gasteiger partial charge in [0.25, 0.3) is 0 Å². The molecule has 0 aliphatic carbocycles. The van der Waals surface area contributed by atoms with Crippen LogP contribution >= 0.6 is 11.3 Å². The molecule has 1 atom stereocenters. The van der Waals surface area contributed by atoms with E-state index in [0.717, 1.165) is 6.54 Å². The Labute approximate surface area is 101 Å². The molecule has 0 bridgehead atoms. The SMILES string of the molecule is CCCC(C)NCc1cc2ccccc2s1. The second kappa shape index (κ2) is 5.46. The van der Waals surface area contributed by atoms with Gasteiger partial charge in [0.15, 0.2) is 0 Å². The Morgan fingerprint density at radius 2 is 2.12 bits per heavy atom. The van der Waals surface area contributed by atoms with Crippen LogP contribution in [0, 0.1) is 0 Å². The van der Waals surface area contributed by atoms with E-state index in [9.17, 15) is 0 Å². The molecule has 0 radical (unpaired) electrons. The standard InChI is InChI=1S/C14H19NS/c1-3-6-11(2)15-10-13-9-12-7-4-5-8-14(12)16-13/h4-5,7-9,11,15H,3,6,10H2,1-2H3. The molecule has 1 aromatic heterocycles. The normalized spacial score (nSPS) is 13.1. The fourth-order valence-corrected chi connectivity index (χ4v) is 2.95. The number of thiophene rings is 1. The topological polar surface area (TPSA) is 12.0 Å². The third-order valence-electron chi connectivity index (χ3n) is 2.82. The summed E-state index contributed by atoms with van der Waals surface area (Å²) in [6.45, 7) is 5.49. The summed E-state index contributed by atoms with van der Waals surface area (Å²) in [6, 6.07) is 11.5. The van der Waals surface area contributed by atoms with Crippen molar-refractivity contribution < 1.29 is 0 Å². The monoisotopic (exact) mass is 233 g/mol. The first-order valence-electron chi connectivity index (χ1n) is 6.00. The molecule has 0 saturated carbocycles. The average molecular weight is 233 g/mol. The van der Waals surface area contributed by atoms with E-state index in [4.69, 9.17) is 0 Å². The molecule has 1 heterocycles. The number of rotatable bonds is 5. The maximum absolute atomic E-state index is 3.57. The highest BCUT2D eigenvalue weighted by atomic mass is 32.1. The van der Waals surface area contributed by atoms with Gasteiger partial charge in [-0.25, -0.2) is 0 Å². The smallest absolute Gasteiger partial charge is 0.0346 e. The van der Waals surface area contributed by atoms with Gasteiger partial charge < -0.3 is 5.32 Å². The highest BCUT2D eigenvalue weighted by molar-refractivity contribution is 7.19. The zero-order chi connectivity index (χ0) is 11.4. The van der Waals surface area contributed by atoms with Crippen LogP contribution in [0.2, 0.25) is 0 Å². The number of hydrogen-bond acceptors (Lipinski definition) is 2. The Morgan fingerprint density at radius 3 is 2.88 bits per heavy atom. The van der Waals surface area contributed by atoms with Crippen molar-refractivity contribution in [1.29, 1.82) is 0 Å². The van der Waals surface area contributed by atoms with Gasteiger partial charge in [-0.15, -0.1) is 11.3 Å². The summed E-state index contributed by atoms with van der Waals surface area (Å²) in [5, 5.41) is 4.94. The van der Waals surface area contributed by atoms with Crippen LogP contribution in [-0.4, -0.2) is 6.04 Å². The molecule has 86 valence electrons. The van der Waals surface area contributed by atoms with E-state index in [1.165, 1.54) is 27.8 Å². The van der Waals surface area contributed by atoms with Crippen LogP contribution in [0.15, 0.2) is 30.3 Å². The first-order valence-corrected chi connectivity index (χ1v) is 6.82. The summed E-state index contributed by atoms with van der Waals surface area (Å²) in [5.74, 6) is 0. The van der Waals surface area contributed by atoms with Crippen molar-refractivity contribution in [2.75, 3.05) is 0 Å². The van der Waals surface area contributed by atoms with Gasteiger partial charge in [0.05, 0.1) is 0 Å². The largest absolute Gasteiger partial charge is 0.309 e. The minimum absolute atomic E-state index is 0.621. The molecular weight excluding hydrogens is 214 g/mol. The van der Waals surface area contributed by atoms with Crippen LogP contribution in [0.3, 0.4) is 0 Å². The van der Waals surface area contributed by atoms with Gasteiger partial charge in [-0.05, 0) is 30.9 Å². The van der Waals surface area contributed by atoms with Gasteiger partial charge in [-0.3, -0.25) is 0 Å². The van der Waals surface area contributed by atoms with Gasteiger partial charge >= 0.3 is 0 Å². The van der Waals surface area contributed by atoms with Crippen molar-refractivity contribution in [2.24, 2.45) is 0 Å². The Bertz CT molecular complexity index is 414. The number of benzene rings is 1. The lowest BCUT2D eigenvalue weighted by Gasteiger charge is -2.10. The van der Waals surface area contributed by atoms with Gasteiger partial charge in [0.1, 0.15) is 0 Å². The van der Waals surface area contributed by atoms with Gasteiger partial charge in [-0.1, -0.05) is 31.5 Å².